The summed E-state index contributed by atoms with van der Waals surface area (Å²) in [6.45, 7) is 2.92. The van der Waals surface area contributed by atoms with Crippen LogP contribution in [0.25, 0.3) is 6.08 Å². The highest BCUT2D eigenvalue weighted by Gasteiger charge is 2.50. The van der Waals surface area contributed by atoms with Crippen molar-refractivity contribution < 1.29 is 9.90 Å². The maximum absolute atomic E-state index is 11.3. The molecule has 0 saturated heterocycles. The van der Waals surface area contributed by atoms with Gasteiger partial charge in [-0.2, -0.15) is 0 Å². The second-order valence-electron chi connectivity index (χ2n) is 9.11. The Hall–Kier alpha value is -1.65. The van der Waals surface area contributed by atoms with Crippen molar-refractivity contribution in [3.63, 3.8) is 0 Å². The standard InChI is InChI=1S/C24H34N2O2/c1-2-18(14-17-6-4-3-5-7-17)21-15-22(21)26-20-10-8-19(9-11-20)25-16-24(12-13-24)23(27)28/h3-7,14,19-22,25-26H,2,8-13,15-16H2,1H3,(H,27,28)/t19?,20?,21?,22-/m0/s1. The van der Waals surface area contributed by atoms with Crippen LogP contribution in [-0.2, 0) is 4.79 Å². The Morgan fingerprint density at radius 2 is 1.82 bits per heavy atom. The minimum absolute atomic E-state index is 0.446. The number of nitrogens with one attached hydrogen (secondary N) is 2. The SMILES string of the molecule is CCC(=Cc1ccccc1)C1C[C@@H]1NC1CCC(NCC2(C(=O)O)CC2)CC1. The number of hydrogen-bond acceptors (Lipinski definition) is 3. The maximum Gasteiger partial charge on any atom is 0.310 e. The highest BCUT2D eigenvalue weighted by molar-refractivity contribution is 5.78. The molecule has 3 fully saturated rings. The minimum Gasteiger partial charge on any atom is -0.481 e. The van der Waals surface area contributed by atoms with Gasteiger partial charge in [0.15, 0.2) is 0 Å². The lowest BCUT2D eigenvalue weighted by molar-refractivity contribution is -0.143. The molecule has 1 unspecified atom stereocenters. The van der Waals surface area contributed by atoms with Crippen LogP contribution in [0.2, 0.25) is 0 Å². The zero-order valence-corrected chi connectivity index (χ0v) is 17.0. The quantitative estimate of drug-likeness (QED) is 0.598. The van der Waals surface area contributed by atoms with Crippen molar-refractivity contribution in [3.05, 3.63) is 41.5 Å². The summed E-state index contributed by atoms with van der Waals surface area (Å²) in [5.41, 5.74) is 2.44. The molecule has 1 aromatic carbocycles. The van der Waals surface area contributed by atoms with Crippen molar-refractivity contribution in [2.24, 2.45) is 11.3 Å². The van der Waals surface area contributed by atoms with E-state index in [0.29, 0.717) is 30.6 Å². The van der Waals surface area contributed by atoms with E-state index in [0.717, 1.165) is 32.1 Å². The first-order valence-electron chi connectivity index (χ1n) is 11.1. The number of rotatable bonds is 9. The van der Waals surface area contributed by atoms with E-state index in [1.165, 1.54) is 24.8 Å². The fraction of sp³-hybridized carbons (Fsp3) is 0.625. The first kappa shape index (κ1) is 19.7. The summed E-state index contributed by atoms with van der Waals surface area (Å²) in [5.74, 6) is 0.0803. The van der Waals surface area contributed by atoms with Crippen LogP contribution in [0.5, 0.6) is 0 Å². The van der Waals surface area contributed by atoms with E-state index in [2.05, 4.69) is 54.0 Å². The predicted octanol–water partition coefficient (Wildman–Crippen LogP) is 4.22. The van der Waals surface area contributed by atoms with Crippen LogP contribution in [0.15, 0.2) is 35.9 Å². The van der Waals surface area contributed by atoms with Gasteiger partial charge in [-0.3, -0.25) is 4.79 Å². The molecule has 1 aromatic rings. The van der Waals surface area contributed by atoms with Crippen LogP contribution >= 0.6 is 0 Å². The molecule has 3 aliphatic carbocycles. The van der Waals surface area contributed by atoms with Crippen LogP contribution < -0.4 is 10.6 Å². The van der Waals surface area contributed by atoms with E-state index in [-0.39, 0.29) is 0 Å². The summed E-state index contributed by atoms with van der Waals surface area (Å²) >= 11 is 0. The lowest BCUT2D eigenvalue weighted by Gasteiger charge is -2.31. The molecule has 0 spiro atoms. The van der Waals surface area contributed by atoms with Gasteiger partial charge in [0, 0.05) is 24.7 Å². The Labute approximate surface area is 168 Å². The Morgan fingerprint density at radius 1 is 1.14 bits per heavy atom. The lowest BCUT2D eigenvalue weighted by atomic mass is 9.90. The van der Waals surface area contributed by atoms with Gasteiger partial charge in [0.2, 0.25) is 0 Å². The van der Waals surface area contributed by atoms with Crippen LogP contribution in [0.4, 0.5) is 0 Å². The third kappa shape index (κ3) is 4.66. The van der Waals surface area contributed by atoms with E-state index in [4.69, 9.17) is 0 Å². The molecule has 0 amide bonds. The molecule has 0 bridgehead atoms. The maximum atomic E-state index is 11.3. The third-order valence-corrected chi connectivity index (χ3v) is 7.04. The minimum atomic E-state index is -0.620. The molecule has 4 nitrogen and oxygen atoms in total. The highest BCUT2D eigenvalue weighted by atomic mass is 16.4. The fourth-order valence-corrected chi connectivity index (χ4v) is 4.75. The first-order chi connectivity index (χ1) is 13.6. The zero-order valence-electron chi connectivity index (χ0n) is 17.0. The molecule has 0 heterocycles. The molecule has 4 rings (SSSR count). The Kier molecular flexibility index (Phi) is 5.88. The molecule has 0 aromatic heterocycles. The smallest absolute Gasteiger partial charge is 0.310 e. The number of hydrogen-bond donors (Lipinski definition) is 3. The van der Waals surface area contributed by atoms with E-state index < -0.39 is 11.4 Å². The van der Waals surface area contributed by atoms with Gasteiger partial charge in [0.05, 0.1) is 5.41 Å². The van der Waals surface area contributed by atoms with E-state index in [1.54, 1.807) is 5.57 Å². The van der Waals surface area contributed by atoms with Crippen LogP contribution in [-0.4, -0.2) is 35.7 Å². The average molecular weight is 383 g/mol. The zero-order chi connectivity index (χ0) is 19.6. The molecular weight excluding hydrogens is 348 g/mol. The van der Waals surface area contributed by atoms with Crippen LogP contribution in [0.1, 0.15) is 63.9 Å². The second kappa shape index (κ2) is 8.38. The monoisotopic (exact) mass is 382 g/mol. The number of carboxylic acids is 1. The number of carboxylic acid groups (broad SMARTS) is 1. The Bertz CT molecular complexity index is 703. The summed E-state index contributed by atoms with van der Waals surface area (Å²) in [6.07, 6.45) is 11.2. The number of aliphatic carboxylic acids is 1. The molecule has 3 aliphatic rings. The van der Waals surface area contributed by atoms with E-state index >= 15 is 0 Å². The fourth-order valence-electron chi connectivity index (χ4n) is 4.75. The molecule has 2 atom stereocenters. The average Bonchev–Trinajstić information content (AvgIpc) is 3.63. The first-order valence-corrected chi connectivity index (χ1v) is 11.1. The summed E-state index contributed by atoms with van der Waals surface area (Å²) in [7, 11) is 0. The predicted molar refractivity (Wildman–Crippen MR) is 113 cm³/mol. The second-order valence-corrected chi connectivity index (χ2v) is 9.11. The molecule has 3 N–H and O–H groups in total. The van der Waals surface area contributed by atoms with Gasteiger partial charge in [-0.1, -0.05) is 48.9 Å². The van der Waals surface area contributed by atoms with Crippen molar-refractivity contribution in [2.45, 2.75) is 76.4 Å². The molecule has 4 heteroatoms. The van der Waals surface area contributed by atoms with Gasteiger partial charge >= 0.3 is 5.97 Å². The van der Waals surface area contributed by atoms with Gasteiger partial charge in [-0.15, -0.1) is 0 Å². The van der Waals surface area contributed by atoms with Crippen molar-refractivity contribution in [1.82, 2.24) is 10.6 Å². The number of benzene rings is 1. The molecule has 28 heavy (non-hydrogen) atoms. The number of carbonyl (C=O) groups is 1. The third-order valence-electron chi connectivity index (χ3n) is 7.04. The summed E-state index contributed by atoms with van der Waals surface area (Å²) in [4.78, 5) is 11.3. The topological polar surface area (TPSA) is 61.4 Å². The Balaban J connectivity index is 1.20. The molecule has 3 saturated carbocycles. The van der Waals surface area contributed by atoms with Gasteiger partial charge in [-0.25, -0.2) is 0 Å². The van der Waals surface area contributed by atoms with Crippen LogP contribution in [0, 0.1) is 11.3 Å². The van der Waals surface area contributed by atoms with E-state index in [1.807, 2.05) is 0 Å². The van der Waals surface area contributed by atoms with Crippen molar-refractivity contribution in [1.29, 1.82) is 0 Å². The highest BCUT2D eigenvalue weighted by Crippen LogP contribution is 2.45. The van der Waals surface area contributed by atoms with Gasteiger partial charge < -0.3 is 15.7 Å². The molecule has 152 valence electrons. The van der Waals surface area contributed by atoms with Gasteiger partial charge in [-0.05, 0) is 62.8 Å². The normalized spacial score (nSPS) is 31.4. The largest absolute Gasteiger partial charge is 0.481 e. The summed E-state index contributed by atoms with van der Waals surface area (Å²) < 4.78 is 0. The molecular formula is C24H34N2O2. The van der Waals surface area contributed by atoms with Crippen LogP contribution in [0.3, 0.4) is 0 Å². The Morgan fingerprint density at radius 3 is 2.43 bits per heavy atom. The van der Waals surface area contributed by atoms with Gasteiger partial charge in [0.1, 0.15) is 0 Å². The van der Waals surface area contributed by atoms with Crippen molar-refractivity contribution in [3.8, 4) is 0 Å². The van der Waals surface area contributed by atoms with E-state index in [9.17, 15) is 9.90 Å². The lowest BCUT2D eigenvalue weighted by Crippen LogP contribution is -2.43. The summed E-state index contributed by atoms with van der Waals surface area (Å²) in [6, 6.07) is 12.4. The summed E-state index contributed by atoms with van der Waals surface area (Å²) in [5, 5.41) is 16.8. The molecule has 0 radical (unpaired) electrons. The van der Waals surface area contributed by atoms with Crippen molar-refractivity contribution in [2.75, 3.05) is 6.54 Å². The molecule has 0 aliphatic heterocycles. The van der Waals surface area contributed by atoms with Gasteiger partial charge in [0.25, 0.3) is 0 Å². The van der Waals surface area contributed by atoms with Crippen molar-refractivity contribution >= 4 is 12.0 Å².